The highest BCUT2D eigenvalue weighted by Crippen LogP contribution is 2.23. The van der Waals surface area contributed by atoms with Crippen LogP contribution in [-0.2, 0) is 4.79 Å². The van der Waals surface area contributed by atoms with E-state index in [0.717, 1.165) is 10.0 Å². The largest absolute Gasteiger partial charge is 0.497 e. The normalized spacial score (nSPS) is 10.5. The number of hydrogen-bond donors (Lipinski definition) is 2. The lowest BCUT2D eigenvalue weighted by Crippen LogP contribution is -2.33. The lowest BCUT2D eigenvalue weighted by molar-refractivity contribution is -0.116. The fraction of sp³-hybridized carbons (Fsp3) is 0.200. The maximum Gasteiger partial charge on any atom is 0.251 e. The summed E-state index contributed by atoms with van der Waals surface area (Å²) in [6.07, 6.45) is 3.10. The minimum atomic E-state index is -0.254. The molecule has 0 bridgehead atoms. The number of hydrogen-bond acceptors (Lipinski definition) is 4. The van der Waals surface area contributed by atoms with Crippen LogP contribution in [0.25, 0.3) is 6.08 Å². The molecule has 0 aliphatic heterocycles. The summed E-state index contributed by atoms with van der Waals surface area (Å²) >= 11 is 3.39. The second kappa shape index (κ2) is 10.4. The highest BCUT2D eigenvalue weighted by Gasteiger charge is 2.05. The third-order valence-electron chi connectivity index (χ3n) is 3.67. The Kier molecular flexibility index (Phi) is 7.88. The molecule has 0 heterocycles. The number of halogens is 1. The van der Waals surface area contributed by atoms with E-state index in [9.17, 15) is 9.59 Å². The van der Waals surface area contributed by atoms with Crippen molar-refractivity contribution < 1.29 is 19.1 Å². The minimum Gasteiger partial charge on any atom is -0.497 e. The van der Waals surface area contributed by atoms with Crippen molar-refractivity contribution in [1.29, 1.82) is 0 Å². The van der Waals surface area contributed by atoms with Crippen molar-refractivity contribution in [2.24, 2.45) is 0 Å². The van der Waals surface area contributed by atoms with Crippen LogP contribution in [-0.4, -0.2) is 39.1 Å². The molecule has 6 nitrogen and oxygen atoms in total. The molecule has 2 aromatic carbocycles. The standard InChI is InChI=1S/C20H21BrN2O4/c1-26-17-7-3-14(4-8-17)20(25)23-12-11-22-19(24)10-5-15-13-16(21)6-9-18(15)27-2/h3-10,13H,11-12H2,1-2H3,(H,22,24)(H,23,25)/b10-5+. The summed E-state index contributed by atoms with van der Waals surface area (Å²) < 4.78 is 11.2. The summed E-state index contributed by atoms with van der Waals surface area (Å²) in [4.78, 5) is 23.9. The van der Waals surface area contributed by atoms with E-state index in [4.69, 9.17) is 9.47 Å². The number of carbonyl (C=O) groups excluding carboxylic acids is 2. The topological polar surface area (TPSA) is 76.7 Å². The summed E-state index contributed by atoms with van der Waals surface area (Å²) in [5.41, 5.74) is 1.32. The average Bonchev–Trinajstić information content (AvgIpc) is 2.69. The van der Waals surface area contributed by atoms with Crippen LogP contribution in [0.2, 0.25) is 0 Å². The van der Waals surface area contributed by atoms with Crippen LogP contribution in [0.1, 0.15) is 15.9 Å². The molecule has 2 N–H and O–H groups in total. The van der Waals surface area contributed by atoms with Gasteiger partial charge in [0.1, 0.15) is 11.5 Å². The first kappa shape index (κ1) is 20.5. The molecule has 0 aromatic heterocycles. The van der Waals surface area contributed by atoms with Gasteiger partial charge in [-0.3, -0.25) is 9.59 Å². The van der Waals surface area contributed by atoms with Crippen molar-refractivity contribution in [3.8, 4) is 11.5 Å². The monoisotopic (exact) mass is 432 g/mol. The Labute approximate surface area is 166 Å². The molecule has 27 heavy (non-hydrogen) atoms. The maximum atomic E-state index is 12.0. The summed E-state index contributed by atoms with van der Waals surface area (Å²) in [7, 11) is 3.14. The summed E-state index contributed by atoms with van der Waals surface area (Å²) in [5, 5.41) is 5.46. The number of carbonyl (C=O) groups is 2. The molecule has 2 rings (SSSR count). The van der Waals surface area contributed by atoms with E-state index in [1.807, 2.05) is 18.2 Å². The Morgan fingerprint density at radius 3 is 2.37 bits per heavy atom. The number of amides is 2. The molecule has 0 fully saturated rings. The predicted octanol–water partition coefficient (Wildman–Crippen LogP) is 3.03. The fourth-order valence-corrected chi connectivity index (χ4v) is 2.64. The Bertz CT molecular complexity index is 819. The SMILES string of the molecule is COc1ccc(C(=O)NCCNC(=O)/C=C/c2cc(Br)ccc2OC)cc1. The molecule has 0 aliphatic carbocycles. The zero-order valence-corrected chi connectivity index (χ0v) is 16.7. The first-order valence-corrected chi connectivity index (χ1v) is 9.04. The van der Waals surface area contributed by atoms with E-state index >= 15 is 0 Å². The molecule has 0 saturated carbocycles. The van der Waals surface area contributed by atoms with Crippen LogP contribution in [0, 0.1) is 0 Å². The van der Waals surface area contributed by atoms with E-state index < -0.39 is 0 Å². The Hall–Kier alpha value is -2.80. The lowest BCUT2D eigenvalue weighted by atomic mass is 10.2. The molecular weight excluding hydrogens is 412 g/mol. The molecule has 0 aliphatic rings. The molecule has 2 aromatic rings. The van der Waals surface area contributed by atoms with Gasteiger partial charge in [-0.15, -0.1) is 0 Å². The highest BCUT2D eigenvalue weighted by molar-refractivity contribution is 9.10. The van der Waals surface area contributed by atoms with Gasteiger partial charge >= 0.3 is 0 Å². The second-order valence-corrected chi connectivity index (χ2v) is 6.41. The molecular formula is C20H21BrN2O4. The van der Waals surface area contributed by atoms with E-state index in [2.05, 4.69) is 26.6 Å². The second-order valence-electron chi connectivity index (χ2n) is 5.50. The van der Waals surface area contributed by atoms with E-state index in [0.29, 0.717) is 30.2 Å². The van der Waals surface area contributed by atoms with Crippen molar-refractivity contribution >= 4 is 33.8 Å². The fourth-order valence-electron chi connectivity index (χ4n) is 2.27. The number of nitrogens with one attached hydrogen (secondary N) is 2. The number of benzene rings is 2. The van der Waals surface area contributed by atoms with Crippen LogP contribution >= 0.6 is 15.9 Å². The summed E-state index contributed by atoms with van der Waals surface area (Å²) in [6.45, 7) is 0.644. The van der Waals surface area contributed by atoms with Gasteiger partial charge in [-0.25, -0.2) is 0 Å². The third kappa shape index (κ3) is 6.45. The van der Waals surface area contributed by atoms with Crippen LogP contribution in [0.3, 0.4) is 0 Å². The van der Waals surface area contributed by atoms with Crippen molar-refractivity contribution in [2.45, 2.75) is 0 Å². The van der Waals surface area contributed by atoms with Gasteiger partial charge in [0, 0.05) is 34.8 Å². The molecule has 0 radical (unpaired) electrons. The van der Waals surface area contributed by atoms with Crippen LogP contribution in [0.15, 0.2) is 53.0 Å². The molecule has 0 saturated heterocycles. The first-order chi connectivity index (χ1) is 13.0. The molecule has 0 atom stereocenters. The molecule has 0 spiro atoms. The maximum absolute atomic E-state index is 12.0. The van der Waals surface area contributed by atoms with Gasteiger partial charge in [-0.2, -0.15) is 0 Å². The van der Waals surface area contributed by atoms with Gasteiger partial charge in [0.05, 0.1) is 14.2 Å². The number of methoxy groups -OCH3 is 2. The number of ether oxygens (including phenoxy) is 2. The zero-order chi connectivity index (χ0) is 19.6. The molecule has 142 valence electrons. The molecule has 0 unspecified atom stereocenters. The Morgan fingerprint density at radius 1 is 1.00 bits per heavy atom. The van der Waals surface area contributed by atoms with Crippen molar-refractivity contribution in [1.82, 2.24) is 10.6 Å². The zero-order valence-electron chi connectivity index (χ0n) is 15.1. The van der Waals surface area contributed by atoms with Gasteiger partial charge in [0.2, 0.25) is 5.91 Å². The van der Waals surface area contributed by atoms with Crippen LogP contribution in [0.5, 0.6) is 11.5 Å². The minimum absolute atomic E-state index is 0.207. The Balaban J connectivity index is 1.77. The molecule has 2 amide bonds. The van der Waals surface area contributed by atoms with Gasteiger partial charge < -0.3 is 20.1 Å². The van der Waals surface area contributed by atoms with Gasteiger partial charge in [-0.1, -0.05) is 15.9 Å². The Morgan fingerprint density at radius 2 is 1.70 bits per heavy atom. The van der Waals surface area contributed by atoms with Crippen LogP contribution in [0.4, 0.5) is 0 Å². The van der Waals surface area contributed by atoms with E-state index in [-0.39, 0.29) is 11.8 Å². The van der Waals surface area contributed by atoms with Gasteiger partial charge in [0.15, 0.2) is 0 Å². The predicted molar refractivity (Wildman–Crippen MR) is 108 cm³/mol. The van der Waals surface area contributed by atoms with Crippen molar-refractivity contribution in [2.75, 3.05) is 27.3 Å². The van der Waals surface area contributed by atoms with Gasteiger partial charge in [-0.05, 0) is 48.5 Å². The number of rotatable bonds is 8. The highest BCUT2D eigenvalue weighted by atomic mass is 79.9. The first-order valence-electron chi connectivity index (χ1n) is 8.25. The summed E-state index contributed by atoms with van der Waals surface area (Å²) in [6, 6.07) is 12.3. The van der Waals surface area contributed by atoms with E-state index in [1.165, 1.54) is 6.08 Å². The van der Waals surface area contributed by atoms with Crippen LogP contribution < -0.4 is 20.1 Å². The molecule has 7 heteroatoms. The van der Waals surface area contributed by atoms with Crippen molar-refractivity contribution in [3.63, 3.8) is 0 Å². The average molecular weight is 433 g/mol. The van der Waals surface area contributed by atoms with Gasteiger partial charge in [0.25, 0.3) is 5.91 Å². The van der Waals surface area contributed by atoms with E-state index in [1.54, 1.807) is 44.6 Å². The summed E-state index contributed by atoms with van der Waals surface area (Å²) in [5.74, 6) is 0.902. The smallest absolute Gasteiger partial charge is 0.251 e. The lowest BCUT2D eigenvalue weighted by Gasteiger charge is -2.07. The third-order valence-corrected chi connectivity index (χ3v) is 4.16. The van der Waals surface area contributed by atoms with Crippen molar-refractivity contribution in [3.05, 3.63) is 64.1 Å². The quantitative estimate of drug-likeness (QED) is 0.496.